The molecule has 2 amide bonds. The van der Waals surface area contributed by atoms with Crippen molar-refractivity contribution in [1.29, 1.82) is 0 Å². The van der Waals surface area contributed by atoms with E-state index in [0.717, 1.165) is 5.56 Å². The van der Waals surface area contributed by atoms with E-state index in [2.05, 4.69) is 5.32 Å². The number of aliphatic hydroxyl groups is 1. The van der Waals surface area contributed by atoms with Crippen molar-refractivity contribution in [3.63, 3.8) is 0 Å². The summed E-state index contributed by atoms with van der Waals surface area (Å²) in [6, 6.07) is 5.06. The molecule has 0 saturated carbocycles. The van der Waals surface area contributed by atoms with Crippen LogP contribution in [0.3, 0.4) is 0 Å². The number of thioether (sulfide) groups is 1. The molecule has 2 aliphatic rings. The van der Waals surface area contributed by atoms with E-state index in [4.69, 9.17) is 5.11 Å². The van der Waals surface area contributed by atoms with Crippen molar-refractivity contribution in [2.45, 2.75) is 30.5 Å². The van der Waals surface area contributed by atoms with Crippen molar-refractivity contribution >= 4 is 29.5 Å². The van der Waals surface area contributed by atoms with Gasteiger partial charge in [0.25, 0.3) is 5.91 Å². The number of rotatable bonds is 4. The Labute approximate surface area is 136 Å². The lowest BCUT2D eigenvalue weighted by Crippen LogP contribution is -2.54. The quantitative estimate of drug-likeness (QED) is 0.725. The first-order valence-electron chi connectivity index (χ1n) is 7.16. The lowest BCUT2D eigenvalue weighted by Gasteiger charge is -2.25. The Morgan fingerprint density at radius 3 is 2.74 bits per heavy atom. The molecule has 0 bridgehead atoms. The molecule has 7 nitrogen and oxygen atoms in total. The molecule has 1 saturated heterocycles. The minimum atomic E-state index is -1.40. The maximum Gasteiger partial charge on any atom is 0.328 e. The van der Waals surface area contributed by atoms with E-state index in [0.29, 0.717) is 11.3 Å². The highest BCUT2D eigenvalue weighted by Crippen LogP contribution is 2.48. The van der Waals surface area contributed by atoms with Crippen molar-refractivity contribution in [3.8, 4) is 0 Å². The number of hydrogen-bond donors (Lipinski definition) is 3. The zero-order valence-corrected chi connectivity index (χ0v) is 13.1. The van der Waals surface area contributed by atoms with Gasteiger partial charge in [0.05, 0.1) is 6.10 Å². The van der Waals surface area contributed by atoms with Crippen molar-refractivity contribution < 1.29 is 24.6 Å². The van der Waals surface area contributed by atoms with Gasteiger partial charge in [-0.15, -0.1) is 11.8 Å². The van der Waals surface area contributed by atoms with Crippen LogP contribution in [-0.4, -0.2) is 56.8 Å². The minimum absolute atomic E-state index is 0.218. The van der Waals surface area contributed by atoms with Crippen LogP contribution in [0.4, 0.5) is 0 Å². The number of nitrogens with zero attached hydrogens (tertiary/aromatic N) is 1. The molecule has 122 valence electrons. The Balaban J connectivity index is 1.80. The lowest BCUT2D eigenvalue weighted by molar-refractivity contribution is -0.145. The fourth-order valence-electron chi connectivity index (χ4n) is 2.88. The zero-order chi connectivity index (χ0) is 16.7. The van der Waals surface area contributed by atoms with Crippen LogP contribution < -0.4 is 5.32 Å². The van der Waals surface area contributed by atoms with Crippen LogP contribution in [0.2, 0.25) is 0 Å². The SMILES string of the molecule is C[C@H](O)[C@H](NC(=O)[C@@H]1CS[C@H]2c3ccccc3C(=O)N12)C(=O)O. The number of carboxylic acids is 1. The van der Waals surface area contributed by atoms with Gasteiger partial charge >= 0.3 is 5.97 Å². The molecule has 1 aromatic carbocycles. The highest BCUT2D eigenvalue weighted by Gasteiger charge is 2.48. The summed E-state index contributed by atoms with van der Waals surface area (Å²) >= 11 is 1.47. The Hall–Kier alpha value is -2.06. The standard InChI is InChI=1S/C15H16N2O5S/c1-7(18)11(15(21)22)16-12(19)10-6-23-14-9-5-3-2-4-8(9)13(20)17(10)14/h2-5,7,10-11,14,18H,6H2,1H3,(H,16,19)(H,21,22)/t7-,10-,11-,14-/m0/s1. The van der Waals surface area contributed by atoms with Gasteiger partial charge in [-0.05, 0) is 18.6 Å². The molecular formula is C15H16N2O5S. The van der Waals surface area contributed by atoms with Crippen molar-refractivity contribution in [2.75, 3.05) is 5.75 Å². The first kappa shape index (κ1) is 15.8. The first-order valence-corrected chi connectivity index (χ1v) is 8.21. The monoisotopic (exact) mass is 336 g/mol. The predicted octanol–water partition coefficient (Wildman–Crippen LogP) is 0.207. The highest BCUT2D eigenvalue weighted by molar-refractivity contribution is 7.99. The fourth-order valence-corrected chi connectivity index (χ4v) is 4.35. The number of aliphatic carboxylic acids is 1. The molecule has 2 aliphatic heterocycles. The number of hydrogen-bond acceptors (Lipinski definition) is 5. The number of fused-ring (bicyclic) bond motifs is 3. The maximum atomic E-state index is 12.5. The molecule has 8 heteroatoms. The van der Waals surface area contributed by atoms with E-state index >= 15 is 0 Å². The summed E-state index contributed by atoms with van der Waals surface area (Å²) in [5.74, 6) is -1.70. The topological polar surface area (TPSA) is 107 Å². The van der Waals surface area contributed by atoms with E-state index in [1.165, 1.54) is 23.6 Å². The fraction of sp³-hybridized carbons (Fsp3) is 0.400. The number of carbonyl (C=O) groups excluding carboxylic acids is 2. The van der Waals surface area contributed by atoms with Gasteiger partial charge < -0.3 is 20.4 Å². The van der Waals surface area contributed by atoms with Gasteiger partial charge in [-0.25, -0.2) is 4.79 Å². The normalized spacial score (nSPS) is 24.8. The predicted molar refractivity (Wildman–Crippen MR) is 82.8 cm³/mol. The number of carbonyl (C=O) groups is 3. The molecular weight excluding hydrogens is 320 g/mol. The second-order valence-corrected chi connectivity index (χ2v) is 6.68. The van der Waals surface area contributed by atoms with Gasteiger partial charge in [0.2, 0.25) is 5.91 Å². The summed E-state index contributed by atoms with van der Waals surface area (Å²) in [7, 11) is 0. The first-order chi connectivity index (χ1) is 10.9. The van der Waals surface area contributed by atoms with Crippen LogP contribution in [0, 0.1) is 0 Å². The van der Waals surface area contributed by atoms with E-state index in [1.807, 2.05) is 12.1 Å². The van der Waals surface area contributed by atoms with Gasteiger partial charge in [0, 0.05) is 11.3 Å². The van der Waals surface area contributed by atoms with Crippen LogP contribution in [-0.2, 0) is 9.59 Å². The third-order valence-electron chi connectivity index (χ3n) is 4.04. The average molecular weight is 336 g/mol. The second-order valence-electron chi connectivity index (χ2n) is 5.57. The molecule has 3 rings (SSSR count). The Morgan fingerprint density at radius 2 is 2.09 bits per heavy atom. The van der Waals surface area contributed by atoms with Gasteiger partial charge in [0.1, 0.15) is 11.4 Å². The van der Waals surface area contributed by atoms with E-state index in [1.54, 1.807) is 12.1 Å². The molecule has 0 aliphatic carbocycles. The average Bonchev–Trinajstić information content (AvgIpc) is 3.05. The van der Waals surface area contributed by atoms with Gasteiger partial charge in [-0.2, -0.15) is 0 Å². The van der Waals surface area contributed by atoms with E-state index < -0.39 is 30.1 Å². The number of nitrogens with one attached hydrogen (secondary N) is 1. The largest absolute Gasteiger partial charge is 0.480 e. The van der Waals surface area contributed by atoms with Crippen molar-refractivity contribution in [2.24, 2.45) is 0 Å². The third-order valence-corrected chi connectivity index (χ3v) is 5.35. The Bertz CT molecular complexity index is 678. The summed E-state index contributed by atoms with van der Waals surface area (Å²) in [4.78, 5) is 37.5. The lowest BCUT2D eigenvalue weighted by atomic mass is 10.1. The summed E-state index contributed by atoms with van der Waals surface area (Å²) in [5, 5.41) is 20.6. The molecule has 3 N–H and O–H groups in total. The highest BCUT2D eigenvalue weighted by atomic mass is 32.2. The van der Waals surface area contributed by atoms with Crippen LogP contribution in [0.15, 0.2) is 24.3 Å². The molecule has 0 spiro atoms. The molecule has 0 aromatic heterocycles. The maximum absolute atomic E-state index is 12.5. The molecule has 2 heterocycles. The van der Waals surface area contributed by atoms with Crippen LogP contribution in [0.1, 0.15) is 28.2 Å². The van der Waals surface area contributed by atoms with Crippen molar-refractivity contribution in [1.82, 2.24) is 10.2 Å². The summed E-state index contributed by atoms with van der Waals surface area (Å²) < 4.78 is 0. The number of amides is 2. The number of benzene rings is 1. The molecule has 1 fully saturated rings. The molecule has 0 radical (unpaired) electrons. The molecule has 0 unspecified atom stereocenters. The van der Waals surface area contributed by atoms with Crippen LogP contribution in [0.25, 0.3) is 0 Å². The van der Waals surface area contributed by atoms with Gasteiger partial charge in [-0.3, -0.25) is 9.59 Å². The van der Waals surface area contributed by atoms with Crippen LogP contribution >= 0.6 is 11.8 Å². The molecule has 23 heavy (non-hydrogen) atoms. The second kappa shape index (κ2) is 5.86. The zero-order valence-electron chi connectivity index (χ0n) is 12.3. The summed E-state index contributed by atoms with van der Waals surface area (Å²) in [5.41, 5.74) is 1.45. The third kappa shape index (κ3) is 2.57. The van der Waals surface area contributed by atoms with Crippen LogP contribution in [0.5, 0.6) is 0 Å². The van der Waals surface area contributed by atoms with E-state index in [-0.39, 0.29) is 11.3 Å². The molecule has 1 aromatic rings. The summed E-state index contributed by atoms with van der Waals surface area (Å²) in [6.45, 7) is 1.29. The van der Waals surface area contributed by atoms with Gasteiger partial charge in [0.15, 0.2) is 6.04 Å². The Kier molecular flexibility index (Phi) is 4.03. The Morgan fingerprint density at radius 1 is 1.39 bits per heavy atom. The number of carboxylic acid groups (broad SMARTS) is 1. The number of aliphatic hydroxyl groups excluding tert-OH is 1. The van der Waals surface area contributed by atoms with Crippen molar-refractivity contribution in [3.05, 3.63) is 35.4 Å². The smallest absolute Gasteiger partial charge is 0.328 e. The van der Waals surface area contributed by atoms with E-state index in [9.17, 15) is 19.5 Å². The summed E-state index contributed by atoms with van der Waals surface area (Å²) in [6.07, 6.45) is -1.23. The van der Waals surface area contributed by atoms with Gasteiger partial charge in [-0.1, -0.05) is 18.2 Å². The molecule has 4 atom stereocenters. The minimum Gasteiger partial charge on any atom is -0.480 e.